The van der Waals surface area contributed by atoms with E-state index in [0.717, 1.165) is 24.8 Å². The third-order valence-electron chi connectivity index (χ3n) is 4.21. The number of methoxy groups -OCH3 is 1. The molecule has 0 bridgehead atoms. The van der Waals surface area contributed by atoms with Crippen LogP contribution in [0.25, 0.3) is 0 Å². The van der Waals surface area contributed by atoms with Gasteiger partial charge in [-0.3, -0.25) is 9.59 Å². The normalized spacial score (nSPS) is 21.2. The van der Waals surface area contributed by atoms with Gasteiger partial charge < -0.3 is 9.64 Å². The molecule has 4 nitrogen and oxygen atoms in total. The van der Waals surface area contributed by atoms with Gasteiger partial charge in [0.25, 0.3) is 0 Å². The third-order valence-corrected chi connectivity index (χ3v) is 4.21. The van der Waals surface area contributed by atoms with Crippen molar-refractivity contribution in [3.8, 4) is 0 Å². The molecule has 1 aromatic carbocycles. The molecule has 1 atom stereocenters. The van der Waals surface area contributed by atoms with Crippen molar-refractivity contribution in [2.24, 2.45) is 5.92 Å². The molecule has 1 heterocycles. The van der Waals surface area contributed by atoms with Crippen LogP contribution in [-0.4, -0.2) is 30.4 Å². The molecule has 1 unspecified atom stereocenters. The van der Waals surface area contributed by atoms with Crippen molar-refractivity contribution in [1.29, 1.82) is 0 Å². The molecule has 0 radical (unpaired) electrons. The molecule has 3 rings (SSSR count). The minimum absolute atomic E-state index is 0.166. The van der Waals surface area contributed by atoms with E-state index in [1.54, 1.807) is 0 Å². The first kappa shape index (κ1) is 13.2. The van der Waals surface area contributed by atoms with E-state index in [9.17, 15) is 9.59 Å². The lowest BCUT2D eigenvalue weighted by molar-refractivity contribution is -0.144. The lowest BCUT2D eigenvalue weighted by Crippen LogP contribution is -2.41. The topological polar surface area (TPSA) is 46.6 Å². The van der Waals surface area contributed by atoms with Gasteiger partial charge in [0, 0.05) is 12.5 Å². The molecule has 1 amide bonds. The highest BCUT2D eigenvalue weighted by Gasteiger charge is 2.39. The van der Waals surface area contributed by atoms with Crippen molar-refractivity contribution >= 4 is 11.9 Å². The number of hydrogen-bond donors (Lipinski definition) is 0. The number of fused-ring (bicyclic) bond motifs is 1. The summed E-state index contributed by atoms with van der Waals surface area (Å²) < 4.78 is 4.80. The van der Waals surface area contributed by atoms with Crippen LogP contribution < -0.4 is 0 Å². The van der Waals surface area contributed by atoms with Gasteiger partial charge in [0.15, 0.2) is 0 Å². The first-order valence-electron chi connectivity index (χ1n) is 7.16. The van der Waals surface area contributed by atoms with Crippen LogP contribution in [0.15, 0.2) is 24.3 Å². The van der Waals surface area contributed by atoms with Gasteiger partial charge in [-0.2, -0.15) is 0 Å². The zero-order valence-electron chi connectivity index (χ0n) is 11.7. The molecule has 1 fully saturated rings. The van der Waals surface area contributed by atoms with Gasteiger partial charge in [-0.1, -0.05) is 24.3 Å². The standard InChI is InChI=1S/C16H19NO3/c1-20-15(18)10-14-13-5-3-2-4-11(13)8-9-17(14)16(19)12-6-7-12/h2-5,12,14H,6-10H2,1H3. The van der Waals surface area contributed by atoms with E-state index in [0.29, 0.717) is 6.54 Å². The van der Waals surface area contributed by atoms with E-state index >= 15 is 0 Å². The fraction of sp³-hybridized carbons (Fsp3) is 0.500. The molecular formula is C16H19NO3. The van der Waals surface area contributed by atoms with Crippen LogP contribution in [0.4, 0.5) is 0 Å². The van der Waals surface area contributed by atoms with Gasteiger partial charge in [-0.25, -0.2) is 0 Å². The molecule has 0 spiro atoms. The Balaban J connectivity index is 1.90. The first-order valence-corrected chi connectivity index (χ1v) is 7.16. The SMILES string of the molecule is COC(=O)CC1c2ccccc2CCN1C(=O)C1CC1. The highest BCUT2D eigenvalue weighted by Crippen LogP contribution is 2.38. The van der Waals surface area contributed by atoms with Crippen molar-refractivity contribution in [2.75, 3.05) is 13.7 Å². The first-order chi connectivity index (χ1) is 9.70. The highest BCUT2D eigenvalue weighted by atomic mass is 16.5. The predicted octanol–water partition coefficient (Wildman–Crippen LogP) is 2.09. The molecule has 20 heavy (non-hydrogen) atoms. The van der Waals surface area contributed by atoms with E-state index in [-0.39, 0.29) is 30.3 Å². The molecule has 2 aliphatic rings. The molecule has 1 aliphatic carbocycles. The van der Waals surface area contributed by atoms with Crippen LogP contribution in [-0.2, 0) is 20.7 Å². The number of carbonyl (C=O) groups excluding carboxylic acids is 2. The number of carbonyl (C=O) groups is 2. The second kappa shape index (κ2) is 5.27. The maximum Gasteiger partial charge on any atom is 0.307 e. The molecule has 0 N–H and O–H groups in total. The van der Waals surface area contributed by atoms with Gasteiger partial charge >= 0.3 is 5.97 Å². The average molecular weight is 273 g/mol. The summed E-state index contributed by atoms with van der Waals surface area (Å²) in [5.74, 6) is 0.120. The average Bonchev–Trinajstić information content (AvgIpc) is 3.31. The van der Waals surface area contributed by atoms with Gasteiger partial charge in [0.05, 0.1) is 19.6 Å². The summed E-state index contributed by atoms with van der Waals surface area (Å²) >= 11 is 0. The van der Waals surface area contributed by atoms with Gasteiger partial charge in [0.2, 0.25) is 5.91 Å². The van der Waals surface area contributed by atoms with Crippen LogP contribution in [0, 0.1) is 5.92 Å². The zero-order valence-corrected chi connectivity index (χ0v) is 11.7. The molecule has 1 aromatic rings. The van der Waals surface area contributed by atoms with Crippen molar-refractivity contribution in [3.05, 3.63) is 35.4 Å². The summed E-state index contributed by atoms with van der Waals surface area (Å²) in [6.07, 6.45) is 3.09. The Hall–Kier alpha value is -1.84. The monoisotopic (exact) mass is 273 g/mol. The Kier molecular flexibility index (Phi) is 3.47. The summed E-state index contributed by atoms with van der Waals surface area (Å²) in [6.45, 7) is 0.702. The fourth-order valence-corrected chi connectivity index (χ4v) is 2.94. The minimum Gasteiger partial charge on any atom is -0.469 e. The van der Waals surface area contributed by atoms with E-state index in [4.69, 9.17) is 4.74 Å². The molecule has 106 valence electrons. The number of nitrogens with zero attached hydrogens (tertiary/aromatic N) is 1. The Morgan fingerprint density at radius 1 is 1.30 bits per heavy atom. The third kappa shape index (κ3) is 2.42. The molecule has 4 heteroatoms. The predicted molar refractivity (Wildman–Crippen MR) is 74.0 cm³/mol. The summed E-state index contributed by atoms with van der Waals surface area (Å²) in [7, 11) is 1.39. The van der Waals surface area contributed by atoms with Crippen LogP contribution in [0.2, 0.25) is 0 Å². The van der Waals surface area contributed by atoms with Gasteiger partial charge in [0.1, 0.15) is 0 Å². The molecule has 0 saturated heterocycles. The van der Waals surface area contributed by atoms with Crippen LogP contribution in [0.5, 0.6) is 0 Å². The number of ether oxygens (including phenoxy) is 1. The second-order valence-corrected chi connectivity index (χ2v) is 5.55. The molecule has 1 saturated carbocycles. The van der Waals surface area contributed by atoms with Crippen LogP contribution in [0.1, 0.15) is 36.4 Å². The Morgan fingerprint density at radius 3 is 2.75 bits per heavy atom. The molecular weight excluding hydrogens is 254 g/mol. The number of amides is 1. The van der Waals surface area contributed by atoms with Crippen molar-refractivity contribution in [3.63, 3.8) is 0 Å². The smallest absolute Gasteiger partial charge is 0.307 e. The minimum atomic E-state index is -0.264. The fourth-order valence-electron chi connectivity index (χ4n) is 2.94. The lowest BCUT2D eigenvalue weighted by Gasteiger charge is -2.37. The zero-order chi connectivity index (χ0) is 14.1. The number of esters is 1. The van der Waals surface area contributed by atoms with Crippen molar-refractivity contribution in [2.45, 2.75) is 31.7 Å². The summed E-state index contributed by atoms with van der Waals surface area (Å²) in [5.41, 5.74) is 2.33. The van der Waals surface area contributed by atoms with Gasteiger partial charge in [-0.05, 0) is 30.4 Å². The summed E-state index contributed by atoms with van der Waals surface area (Å²) in [6, 6.07) is 7.91. The van der Waals surface area contributed by atoms with E-state index in [1.165, 1.54) is 12.7 Å². The number of hydrogen-bond acceptors (Lipinski definition) is 3. The maximum absolute atomic E-state index is 12.4. The van der Waals surface area contributed by atoms with Gasteiger partial charge in [-0.15, -0.1) is 0 Å². The maximum atomic E-state index is 12.4. The van der Waals surface area contributed by atoms with Crippen LogP contribution >= 0.6 is 0 Å². The summed E-state index contributed by atoms with van der Waals surface area (Å²) in [5, 5.41) is 0. The second-order valence-electron chi connectivity index (χ2n) is 5.55. The van der Waals surface area contributed by atoms with E-state index in [1.807, 2.05) is 23.1 Å². The number of rotatable bonds is 3. The Labute approximate surface area is 118 Å². The Morgan fingerprint density at radius 2 is 2.05 bits per heavy atom. The molecule has 1 aliphatic heterocycles. The van der Waals surface area contributed by atoms with Crippen LogP contribution in [0.3, 0.4) is 0 Å². The lowest BCUT2D eigenvalue weighted by atomic mass is 9.90. The highest BCUT2D eigenvalue weighted by molar-refractivity contribution is 5.82. The van der Waals surface area contributed by atoms with Crippen molar-refractivity contribution in [1.82, 2.24) is 4.90 Å². The number of benzene rings is 1. The van der Waals surface area contributed by atoms with E-state index in [2.05, 4.69) is 6.07 Å². The molecule has 0 aromatic heterocycles. The Bertz CT molecular complexity index is 536. The quantitative estimate of drug-likeness (QED) is 0.792. The summed E-state index contributed by atoms with van der Waals surface area (Å²) in [4.78, 5) is 26.0. The van der Waals surface area contributed by atoms with Crippen molar-refractivity contribution < 1.29 is 14.3 Å². The largest absolute Gasteiger partial charge is 0.469 e. The van der Waals surface area contributed by atoms with E-state index < -0.39 is 0 Å².